The molecule has 1 unspecified atom stereocenters. The molecular weight excluding hydrogens is 270 g/mol. The highest BCUT2D eigenvalue weighted by molar-refractivity contribution is 5.85. The number of nitrogens with zero attached hydrogens (tertiary/aromatic N) is 2. The molecule has 0 aliphatic carbocycles. The fourth-order valence-corrected chi connectivity index (χ4v) is 1.98. The Bertz CT molecular complexity index is 725. The third kappa shape index (κ3) is 3.13. The van der Waals surface area contributed by atoms with Crippen LogP contribution in [0.4, 0.5) is 11.6 Å². The maximum atomic E-state index is 12.0. The summed E-state index contributed by atoms with van der Waals surface area (Å²) in [4.78, 5) is 32.5. The van der Waals surface area contributed by atoms with Crippen LogP contribution in [0.15, 0.2) is 23.0 Å². The van der Waals surface area contributed by atoms with Crippen LogP contribution >= 0.6 is 0 Å². The summed E-state index contributed by atoms with van der Waals surface area (Å²) >= 11 is 0. The van der Waals surface area contributed by atoms with Gasteiger partial charge in [0.1, 0.15) is 6.04 Å². The van der Waals surface area contributed by atoms with E-state index in [1.54, 1.807) is 37.1 Å². The Balaban J connectivity index is 2.29. The Hall–Kier alpha value is -2.57. The maximum absolute atomic E-state index is 12.0. The van der Waals surface area contributed by atoms with Gasteiger partial charge < -0.3 is 16.0 Å². The van der Waals surface area contributed by atoms with Crippen LogP contribution in [0.2, 0.25) is 0 Å². The minimum Gasteiger partial charge on any atom is -0.399 e. The number of aromatic nitrogens is 2. The van der Waals surface area contributed by atoms with Gasteiger partial charge in [-0.15, -0.1) is 0 Å². The van der Waals surface area contributed by atoms with E-state index in [-0.39, 0.29) is 17.4 Å². The Morgan fingerprint density at radius 1 is 1.52 bits per heavy atom. The minimum absolute atomic E-state index is 0.0717. The van der Waals surface area contributed by atoms with E-state index in [9.17, 15) is 9.59 Å². The molecule has 0 saturated heterocycles. The average Bonchev–Trinajstić information content (AvgIpc) is 2.46. The lowest BCUT2D eigenvalue weighted by Gasteiger charge is -2.20. The summed E-state index contributed by atoms with van der Waals surface area (Å²) in [5, 5.41) is 3.34. The molecule has 0 saturated carbocycles. The maximum Gasteiger partial charge on any atom is 0.260 e. The molecule has 1 aromatic heterocycles. The number of fused-ring (bicyclic) bond motifs is 1. The Kier molecular flexibility index (Phi) is 4.11. The number of benzene rings is 1. The number of rotatable bonds is 4. The van der Waals surface area contributed by atoms with E-state index in [1.165, 1.54) is 0 Å². The lowest BCUT2D eigenvalue weighted by atomic mass is 10.2. The highest BCUT2D eigenvalue weighted by Gasteiger charge is 2.17. The Labute approximate surface area is 122 Å². The van der Waals surface area contributed by atoms with Crippen molar-refractivity contribution in [2.45, 2.75) is 19.9 Å². The first-order chi connectivity index (χ1) is 9.92. The van der Waals surface area contributed by atoms with E-state index in [0.29, 0.717) is 23.1 Å². The first-order valence-electron chi connectivity index (χ1n) is 6.73. The number of nitrogens with two attached hydrogens (primary N) is 1. The number of carbonyl (C=O) groups excluding carboxylic acids is 1. The predicted octanol–water partition coefficient (Wildman–Crippen LogP) is 0.784. The summed E-state index contributed by atoms with van der Waals surface area (Å²) < 4.78 is 0. The third-order valence-corrected chi connectivity index (χ3v) is 3.30. The van der Waals surface area contributed by atoms with Crippen LogP contribution in [0.1, 0.15) is 13.8 Å². The van der Waals surface area contributed by atoms with Gasteiger partial charge in [0.15, 0.2) is 0 Å². The fourth-order valence-electron chi connectivity index (χ4n) is 1.98. The zero-order chi connectivity index (χ0) is 15.6. The number of likely N-dealkylation sites (N-methyl/N-ethyl adjacent to an activating group) is 1. The summed E-state index contributed by atoms with van der Waals surface area (Å²) in [5.41, 5.74) is 6.39. The van der Waals surface area contributed by atoms with Crippen molar-refractivity contribution in [2.24, 2.45) is 0 Å². The molecule has 1 atom stereocenters. The first-order valence-corrected chi connectivity index (χ1v) is 6.73. The topological polar surface area (TPSA) is 104 Å². The lowest BCUT2D eigenvalue weighted by molar-refractivity contribution is -0.130. The third-order valence-electron chi connectivity index (χ3n) is 3.30. The smallest absolute Gasteiger partial charge is 0.260 e. The molecule has 112 valence electrons. The van der Waals surface area contributed by atoms with E-state index in [1.807, 2.05) is 6.92 Å². The number of aromatic amines is 1. The minimum atomic E-state index is -0.482. The molecule has 21 heavy (non-hydrogen) atoms. The molecule has 0 aliphatic heterocycles. The number of hydrogen-bond donors (Lipinski definition) is 3. The molecule has 0 fully saturated rings. The number of nitrogen functional groups attached to an aromatic ring is 1. The van der Waals surface area contributed by atoms with Crippen molar-refractivity contribution in [3.63, 3.8) is 0 Å². The molecular formula is C14H19N5O2. The lowest BCUT2D eigenvalue weighted by Crippen LogP contribution is -2.39. The molecule has 7 nitrogen and oxygen atoms in total. The molecule has 0 bridgehead atoms. The Morgan fingerprint density at radius 2 is 2.24 bits per heavy atom. The van der Waals surface area contributed by atoms with Gasteiger partial charge in [0.05, 0.1) is 10.9 Å². The van der Waals surface area contributed by atoms with Crippen molar-refractivity contribution in [2.75, 3.05) is 24.6 Å². The second-order valence-electron chi connectivity index (χ2n) is 4.91. The van der Waals surface area contributed by atoms with Gasteiger partial charge in [-0.2, -0.15) is 0 Å². The van der Waals surface area contributed by atoms with Gasteiger partial charge in [0.25, 0.3) is 5.56 Å². The number of carbonyl (C=O) groups is 1. The van der Waals surface area contributed by atoms with Gasteiger partial charge in [-0.1, -0.05) is 0 Å². The summed E-state index contributed by atoms with van der Waals surface area (Å²) in [6.45, 7) is 4.23. The van der Waals surface area contributed by atoms with Gasteiger partial charge in [-0.25, -0.2) is 4.98 Å². The van der Waals surface area contributed by atoms with Gasteiger partial charge in [0, 0.05) is 19.3 Å². The van der Waals surface area contributed by atoms with Gasteiger partial charge in [-0.3, -0.25) is 14.6 Å². The molecule has 2 rings (SSSR count). The van der Waals surface area contributed by atoms with Crippen LogP contribution in [0.5, 0.6) is 0 Å². The molecule has 1 heterocycles. The summed E-state index contributed by atoms with van der Waals surface area (Å²) in [5.74, 6) is 0.195. The van der Waals surface area contributed by atoms with Crippen molar-refractivity contribution in [1.29, 1.82) is 0 Å². The van der Waals surface area contributed by atoms with Crippen LogP contribution in [0.25, 0.3) is 10.9 Å². The first kappa shape index (κ1) is 14.8. The van der Waals surface area contributed by atoms with Crippen LogP contribution in [0, 0.1) is 0 Å². The summed E-state index contributed by atoms with van der Waals surface area (Å²) in [6.07, 6.45) is 0. The molecule has 4 N–H and O–H groups in total. The van der Waals surface area contributed by atoms with Crippen molar-refractivity contribution in [3.8, 4) is 0 Å². The fraction of sp³-hybridized carbons (Fsp3) is 0.357. The van der Waals surface area contributed by atoms with Crippen LogP contribution in [-0.2, 0) is 4.79 Å². The number of H-pyrrole nitrogens is 1. The van der Waals surface area contributed by atoms with Crippen molar-refractivity contribution >= 4 is 28.4 Å². The van der Waals surface area contributed by atoms with E-state index in [0.717, 1.165) is 0 Å². The highest BCUT2D eigenvalue weighted by Crippen LogP contribution is 2.13. The Morgan fingerprint density at radius 3 is 2.90 bits per heavy atom. The average molecular weight is 289 g/mol. The summed E-state index contributed by atoms with van der Waals surface area (Å²) in [6, 6.07) is 4.45. The normalized spacial score (nSPS) is 12.1. The highest BCUT2D eigenvalue weighted by atomic mass is 16.2. The monoisotopic (exact) mass is 289 g/mol. The number of hydrogen-bond acceptors (Lipinski definition) is 5. The van der Waals surface area contributed by atoms with E-state index < -0.39 is 6.04 Å². The van der Waals surface area contributed by atoms with E-state index in [2.05, 4.69) is 15.3 Å². The van der Waals surface area contributed by atoms with Crippen LogP contribution in [-0.4, -0.2) is 40.4 Å². The molecule has 0 aliphatic rings. The van der Waals surface area contributed by atoms with E-state index in [4.69, 9.17) is 5.73 Å². The van der Waals surface area contributed by atoms with Crippen molar-refractivity contribution < 1.29 is 4.79 Å². The zero-order valence-corrected chi connectivity index (χ0v) is 12.3. The molecule has 1 aromatic carbocycles. The number of amides is 1. The van der Waals surface area contributed by atoms with Gasteiger partial charge in [-0.05, 0) is 32.0 Å². The van der Waals surface area contributed by atoms with Gasteiger partial charge >= 0.3 is 0 Å². The van der Waals surface area contributed by atoms with Crippen LogP contribution in [0.3, 0.4) is 0 Å². The molecule has 7 heteroatoms. The molecule has 0 radical (unpaired) electrons. The van der Waals surface area contributed by atoms with Crippen molar-refractivity contribution in [3.05, 3.63) is 28.6 Å². The molecule has 2 aromatic rings. The quantitative estimate of drug-likeness (QED) is 0.722. The molecule has 1 amide bonds. The number of anilines is 2. The van der Waals surface area contributed by atoms with Gasteiger partial charge in [0.2, 0.25) is 11.9 Å². The second-order valence-corrected chi connectivity index (χ2v) is 4.91. The van der Waals surface area contributed by atoms with Crippen molar-refractivity contribution in [1.82, 2.24) is 14.9 Å². The molecule has 0 spiro atoms. The second kappa shape index (κ2) is 5.82. The predicted molar refractivity (Wildman–Crippen MR) is 83.2 cm³/mol. The summed E-state index contributed by atoms with van der Waals surface area (Å²) in [7, 11) is 1.72. The van der Waals surface area contributed by atoms with Crippen LogP contribution < -0.4 is 16.6 Å². The zero-order valence-electron chi connectivity index (χ0n) is 12.3. The standard InChI is InChI=1S/C14H19N5O2/c1-4-19(3)13(21)8(2)16-14-17-11-6-5-9(15)7-10(11)12(20)18-14/h5-8H,4,15H2,1-3H3,(H2,16,17,18,20). The largest absolute Gasteiger partial charge is 0.399 e. The van der Waals surface area contributed by atoms with E-state index >= 15 is 0 Å². The number of nitrogens with one attached hydrogen (secondary N) is 2. The SMILES string of the molecule is CCN(C)C(=O)C(C)Nc1nc2ccc(N)cc2c(=O)[nH]1.